The van der Waals surface area contributed by atoms with Crippen LogP contribution in [0.1, 0.15) is 19.3 Å². The Kier molecular flexibility index (Phi) is 9.84. The second kappa shape index (κ2) is 12.1. The Morgan fingerprint density at radius 1 is 1.12 bits per heavy atom. The van der Waals surface area contributed by atoms with Crippen molar-refractivity contribution in [2.75, 3.05) is 38.1 Å². The first-order valence-electron chi connectivity index (χ1n) is 10.5. The summed E-state index contributed by atoms with van der Waals surface area (Å²) in [7, 11) is 0. The van der Waals surface area contributed by atoms with Gasteiger partial charge in [0.2, 0.25) is 0 Å². The molecule has 10 heteroatoms. The number of allylic oxidation sites excluding steroid dienone is 2. The second-order valence-electron chi connectivity index (χ2n) is 7.78. The van der Waals surface area contributed by atoms with Crippen LogP contribution in [-0.4, -0.2) is 71.8 Å². The molecule has 1 unspecified atom stereocenters. The van der Waals surface area contributed by atoms with E-state index in [1.165, 1.54) is 0 Å². The molecule has 2 amide bonds. The predicted octanol–water partition coefficient (Wildman–Crippen LogP) is 3.11. The van der Waals surface area contributed by atoms with E-state index >= 15 is 0 Å². The number of aliphatic carboxylic acids is 1. The Labute approximate surface area is 200 Å². The zero-order valence-electron chi connectivity index (χ0n) is 17.7. The smallest absolute Gasteiger partial charge is 0.341 e. The fraction of sp³-hybridized carbons (Fsp3) is 0.455. The lowest BCUT2D eigenvalue weighted by Crippen LogP contribution is -2.58. The van der Waals surface area contributed by atoms with Gasteiger partial charge < -0.3 is 20.5 Å². The molecular weight excluding hydrogens is 455 g/mol. The van der Waals surface area contributed by atoms with Gasteiger partial charge in [-0.1, -0.05) is 12.2 Å². The molecule has 2 heterocycles. The van der Waals surface area contributed by atoms with Crippen molar-refractivity contribution in [3.63, 3.8) is 0 Å². The van der Waals surface area contributed by atoms with E-state index in [-0.39, 0.29) is 36.9 Å². The summed E-state index contributed by atoms with van der Waals surface area (Å²) in [5.74, 6) is -0.577. The number of carbonyl (C=O) groups excluding carboxylic acids is 1. The summed E-state index contributed by atoms with van der Waals surface area (Å²) in [6, 6.07) is 7.39. The fourth-order valence-electron chi connectivity index (χ4n) is 4.45. The van der Waals surface area contributed by atoms with Crippen molar-refractivity contribution in [1.82, 2.24) is 15.1 Å². The van der Waals surface area contributed by atoms with Crippen LogP contribution < -0.4 is 15.4 Å². The first-order chi connectivity index (χ1) is 14.6. The molecule has 8 nitrogen and oxygen atoms in total. The summed E-state index contributed by atoms with van der Waals surface area (Å²) in [5, 5.41) is 15.1. The van der Waals surface area contributed by atoms with Crippen molar-refractivity contribution in [1.29, 1.82) is 0 Å². The van der Waals surface area contributed by atoms with E-state index in [1.807, 2.05) is 11.0 Å². The number of fused-ring (bicyclic) bond motifs is 1. The number of nitrogens with one attached hydrogen (secondary N) is 2. The maximum absolute atomic E-state index is 13.0. The molecule has 1 aliphatic carbocycles. The summed E-state index contributed by atoms with van der Waals surface area (Å²) in [5.41, 5.74) is 1.70. The molecule has 0 spiro atoms. The molecule has 0 aromatic heterocycles. The highest BCUT2D eigenvalue weighted by molar-refractivity contribution is 5.91. The molecule has 4 rings (SSSR count). The van der Waals surface area contributed by atoms with E-state index in [0.29, 0.717) is 24.0 Å². The third kappa shape index (κ3) is 6.16. The van der Waals surface area contributed by atoms with Crippen LogP contribution in [0.5, 0.6) is 5.75 Å². The molecule has 0 saturated carbocycles. The molecule has 1 atom stereocenters. The van der Waals surface area contributed by atoms with Gasteiger partial charge in [0.15, 0.2) is 6.61 Å². The Balaban J connectivity index is 0.00000181. The van der Waals surface area contributed by atoms with Crippen LogP contribution in [0.4, 0.5) is 10.5 Å². The average molecular weight is 485 g/mol. The molecule has 0 bridgehead atoms. The summed E-state index contributed by atoms with van der Waals surface area (Å²) in [6.07, 6.45) is 9.50. The van der Waals surface area contributed by atoms with Gasteiger partial charge in [0.05, 0.1) is 6.04 Å². The SMILES string of the molecule is Cl.Cl.O=C(O)COc1ccc(NC(=O)N2CCN(C3CCNCC3)C3CC=CC=C32)cc1. The zero-order valence-corrected chi connectivity index (χ0v) is 19.4. The Morgan fingerprint density at radius 2 is 1.84 bits per heavy atom. The van der Waals surface area contributed by atoms with Gasteiger partial charge in [0, 0.05) is 30.5 Å². The first-order valence-corrected chi connectivity index (χ1v) is 10.5. The number of hydrogen-bond donors (Lipinski definition) is 3. The van der Waals surface area contributed by atoms with E-state index in [2.05, 4.69) is 27.7 Å². The number of carbonyl (C=O) groups is 2. The summed E-state index contributed by atoms with van der Waals surface area (Å²) >= 11 is 0. The third-order valence-electron chi connectivity index (χ3n) is 5.89. The number of nitrogens with zero attached hydrogens (tertiary/aromatic N) is 2. The van der Waals surface area contributed by atoms with Crippen LogP contribution >= 0.6 is 24.8 Å². The van der Waals surface area contributed by atoms with E-state index < -0.39 is 12.6 Å². The van der Waals surface area contributed by atoms with Gasteiger partial charge in [0.25, 0.3) is 0 Å². The minimum absolute atomic E-state index is 0. The number of rotatable bonds is 5. The number of anilines is 1. The van der Waals surface area contributed by atoms with Crippen LogP contribution in [0.3, 0.4) is 0 Å². The van der Waals surface area contributed by atoms with Gasteiger partial charge >= 0.3 is 12.0 Å². The standard InChI is InChI=1S/C22H28N4O4.2ClH/c27-21(28)15-30-18-7-5-16(6-8-18)24-22(29)26-14-13-25(17-9-11-23-12-10-17)19-3-1-2-4-20(19)26;;/h1-2,4-8,17,19,23H,3,9-15H2,(H,24,29)(H,27,28);2*1H. The maximum Gasteiger partial charge on any atom is 0.341 e. The molecule has 2 saturated heterocycles. The van der Waals surface area contributed by atoms with E-state index in [1.54, 1.807) is 24.3 Å². The Bertz CT molecular complexity index is 841. The quantitative estimate of drug-likeness (QED) is 0.594. The third-order valence-corrected chi connectivity index (χ3v) is 5.89. The van der Waals surface area contributed by atoms with E-state index in [9.17, 15) is 9.59 Å². The molecular formula is C22H30Cl2N4O4. The van der Waals surface area contributed by atoms with Crippen LogP contribution in [0.15, 0.2) is 48.2 Å². The number of hydrogen-bond acceptors (Lipinski definition) is 5. The minimum atomic E-state index is -1.03. The van der Waals surface area contributed by atoms with Gasteiger partial charge in [-0.15, -0.1) is 24.8 Å². The number of benzene rings is 1. The van der Waals surface area contributed by atoms with Crippen molar-refractivity contribution in [2.45, 2.75) is 31.3 Å². The highest BCUT2D eigenvalue weighted by Crippen LogP contribution is 2.31. The number of carboxylic acid groups (broad SMARTS) is 1. The largest absolute Gasteiger partial charge is 0.482 e. The number of ether oxygens (including phenoxy) is 1. The molecule has 3 aliphatic rings. The molecule has 2 fully saturated rings. The number of piperazine rings is 1. The molecule has 1 aromatic rings. The number of amides is 2. The van der Waals surface area contributed by atoms with Crippen LogP contribution in [0, 0.1) is 0 Å². The van der Waals surface area contributed by atoms with E-state index in [0.717, 1.165) is 44.6 Å². The Hall–Kier alpha value is -2.26. The molecule has 176 valence electrons. The van der Waals surface area contributed by atoms with Gasteiger partial charge in [0.1, 0.15) is 5.75 Å². The van der Waals surface area contributed by atoms with Crippen molar-refractivity contribution < 1.29 is 19.4 Å². The summed E-state index contributed by atoms with van der Waals surface area (Å²) in [6.45, 7) is 3.25. The lowest BCUT2D eigenvalue weighted by Gasteiger charge is -2.48. The normalized spacial score (nSPS) is 20.8. The van der Waals surface area contributed by atoms with E-state index in [4.69, 9.17) is 9.84 Å². The molecule has 3 N–H and O–H groups in total. The maximum atomic E-state index is 13.0. The molecule has 1 aromatic carbocycles. The van der Waals surface area contributed by atoms with Gasteiger partial charge in [-0.3, -0.25) is 9.80 Å². The zero-order chi connectivity index (χ0) is 20.9. The fourth-order valence-corrected chi connectivity index (χ4v) is 4.45. The predicted molar refractivity (Wildman–Crippen MR) is 128 cm³/mol. The summed E-state index contributed by atoms with van der Waals surface area (Å²) < 4.78 is 5.13. The summed E-state index contributed by atoms with van der Waals surface area (Å²) in [4.78, 5) is 28.0. The first kappa shape index (κ1) is 26.0. The minimum Gasteiger partial charge on any atom is -0.482 e. The van der Waals surface area contributed by atoms with Crippen molar-refractivity contribution >= 4 is 42.5 Å². The lowest BCUT2D eigenvalue weighted by atomic mass is 9.94. The number of piperidine rings is 1. The lowest BCUT2D eigenvalue weighted by molar-refractivity contribution is -0.139. The van der Waals surface area contributed by atoms with Crippen molar-refractivity contribution in [3.05, 3.63) is 48.2 Å². The van der Waals surface area contributed by atoms with Gasteiger partial charge in [-0.25, -0.2) is 9.59 Å². The van der Waals surface area contributed by atoms with Gasteiger partial charge in [-0.2, -0.15) is 0 Å². The van der Waals surface area contributed by atoms with Crippen molar-refractivity contribution in [2.24, 2.45) is 0 Å². The molecule has 0 radical (unpaired) electrons. The number of carboxylic acids is 1. The van der Waals surface area contributed by atoms with Crippen LogP contribution in [0.2, 0.25) is 0 Å². The number of halogens is 2. The highest BCUT2D eigenvalue weighted by Gasteiger charge is 2.37. The van der Waals surface area contributed by atoms with Crippen molar-refractivity contribution in [3.8, 4) is 5.75 Å². The van der Waals surface area contributed by atoms with Crippen LogP contribution in [0.25, 0.3) is 0 Å². The second-order valence-corrected chi connectivity index (χ2v) is 7.78. The monoisotopic (exact) mass is 484 g/mol. The molecule has 32 heavy (non-hydrogen) atoms. The number of urea groups is 1. The molecule has 2 aliphatic heterocycles. The van der Waals surface area contributed by atoms with Crippen LogP contribution in [-0.2, 0) is 4.79 Å². The average Bonchev–Trinajstić information content (AvgIpc) is 2.78. The van der Waals surface area contributed by atoms with Gasteiger partial charge in [-0.05, 0) is 62.7 Å². The topological polar surface area (TPSA) is 94.1 Å². The Morgan fingerprint density at radius 3 is 2.53 bits per heavy atom. The highest BCUT2D eigenvalue weighted by atomic mass is 35.5.